The summed E-state index contributed by atoms with van der Waals surface area (Å²) in [5.41, 5.74) is 0. The van der Waals surface area contributed by atoms with Crippen LogP contribution in [0.2, 0.25) is 0 Å². The van der Waals surface area contributed by atoms with Crippen LogP contribution in [0.1, 0.15) is 26.7 Å². The molecule has 1 atom stereocenters. The second-order valence-electron chi connectivity index (χ2n) is 5.39. The third-order valence-corrected chi connectivity index (χ3v) is 4.13. The van der Waals surface area contributed by atoms with Gasteiger partial charge in [0.2, 0.25) is 17.7 Å². The topological polar surface area (TPSA) is 75.7 Å². The van der Waals surface area contributed by atoms with Crippen molar-refractivity contribution >= 4 is 29.5 Å². The summed E-state index contributed by atoms with van der Waals surface area (Å²) in [6.07, 6.45) is 2.96. The summed E-state index contributed by atoms with van der Waals surface area (Å²) in [5, 5.41) is 2.31. The van der Waals surface area contributed by atoms with Gasteiger partial charge < -0.3 is 10.1 Å². The number of nitrogens with one attached hydrogen (secondary N) is 1. The molecule has 1 rings (SSSR count). The lowest BCUT2D eigenvalue weighted by atomic mass is 10.1. The van der Waals surface area contributed by atoms with Gasteiger partial charge in [0.15, 0.2) is 0 Å². The molecule has 1 fully saturated rings. The maximum Gasteiger partial charge on any atom is 0.243 e. The lowest BCUT2D eigenvalue weighted by molar-refractivity contribution is -0.142. The number of rotatable bonds is 9. The van der Waals surface area contributed by atoms with E-state index in [4.69, 9.17) is 4.74 Å². The monoisotopic (exact) mass is 316 g/mol. The van der Waals surface area contributed by atoms with Gasteiger partial charge in [-0.25, -0.2) is 0 Å². The molecule has 0 radical (unpaired) electrons. The average Bonchev–Trinajstić information content (AvgIpc) is 2.69. The molecule has 1 aliphatic rings. The largest absolute Gasteiger partial charge is 0.380 e. The predicted octanol–water partition coefficient (Wildman–Crippen LogP) is 0.656. The fraction of sp³-hybridized carbons (Fsp3) is 0.786. The molecule has 1 N–H and O–H groups in total. The lowest BCUT2D eigenvalue weighted by Gasteiger charge is -2.14. The molecule has 1 heterocycles. The number of amides is 3. The quantitative estimate of drug-likeness (QED) is 0.499. The van der Waals surface area contributed by atoms with Crippen LogP contribution in [0.5, 0.6) is 0 Å². The van der Waals surface area contributed by atoms with Gasteiger partial charge in [0.25, 0.3) is 0 Å². The van der Waals surface area contributed by atoms with Crippen LogP contribution < -0.4 is 5.32 Å². The van der Waals surface area contributed by atoms with Crippen molar-refractivity contribution in [1.29, 1.82) is 0 Å². The third-order valence-electron chi connectivity index (χ3n) is 3.20. The van der Waals surface area contributed by atoms with Gasteiger partial charge >= 0.3 is 0 Å². The number of carbonyl (C=O) groups is 3. The molecular weight excluding hydrogens is 292 g/mol. The molecule has 21 heavy (non-hydrogen) atoms. The number of likely N-dealkylation sites (tertiary alicyclic amines) is 1. The Hall–Kier alpha value is -1.08. The van der Waals surface area contributed by atoms with E-state index in [-0.39, 0.29) is 35.9 Å². The SMILES string of the molecule is CSC1CC(=O)N(CC(=O)NCCOCCC(C)C)C1=O. The van der Waals surface area contributed by atoms with Gasteiger partial charge in [-0.15, -0.1) is 0 Å². The zero-order valence-electron chi connectivity index (χ0n) is 12.9. The van der Waals surface area contributed by atoms with E-state index in [1.54, 1.807) is 6.26 Å². The Morgan fingerprint density at radius 3 is 2.71 bits per heavy atom. The van der Waals surface area contributed by atoms with Crippen molar-refractivity contribution in [1.82, 2.24) is 10.2 Å². The molecule has 0 aromatic carbocycles. The van der Waals surface area contributed by atoms with Crippen LogP contribution in [0.25, 0.3) is 0 Å². The van der Waals surface area contributed by atoms with Crippen LogP contribution in [0.4, 0.5) is 0 Å². The number of carbonyl (C=O) groups excluding carboxylic acids is 3. The van der Waals surface area contributed by atoms with Crippen LogP contribution in [0, 0.1) is 5.92 Å². The van der Waals surface area contributed by atoms with E-state index < -0.39 is 0 Å². The van der Waals surface area contributed by atoms with Gasteiger partial charge in [0, 0.05) is 19.6 Å². The molecular formula is C14H24N2O4S. The van der Waals surface area contributed by atoms with E-state index in [2.05, 4.69) is 19.2 Å². The number of hydrogen-bond acceptors (Lipinski definition) is 5. The molecule has 0 aliphatic carbocycles. The van der Waals surface area contributed by atoms with E-state index in [9.17, 15) is 14.4 Å². The second-order valence-corrected chi connectivity index (χ2v) is 6.43. The van der Waals surface area contributed by atoms with E-state index in [0.29, 0.717) is 25.7 Å². The summed E-state index contributed by atoms with van der Waals surface area (Å²) >= 11 is 1.34. The summed E-state index contributed by atoms with van der Waals surface area (Å²) in [6.45, 7) is 5.55. The smallest absolute Gasteiger partial charge is 0.243 e. The summed E-state index contributed by atoms with van der Waals surface area (Å²) in [4.78, 5) is 36.2. The Balaban J connectivity index is 2.19. The molecule has 6 nitrogen and oxygen atoms in total. The van der Waals surface area contributed by atoms with Crippen molar-refractivity contribution in [3.8, 4) is 0 Å². The maximum atomic E-state index is 11.8. The van der Waals surface area contributed by atoms with Gasteiger partial charge in [0.05, 0.1) is 11.9 Å². The minimum Gasteiger partial charge on any atom is -0.380 e. The lowest BCUT2D eigenvalue weighted by Crippen LogP contribution is -2.41. The minimum absolute atomic E-state index is 0.186. The van der Waals surface area contributed by atoms with Gasteiger partial charge in [-0.1, -0.05) is 13.8 Å². The van der Waals surface area contributed by atoms with Crippen molar-refractivity contribution in [2.45, 2.75) is 31.9 Å². The number of hydrogen-bond donors (Lipinski definition) is 1. The molecule has 1 saturated heterocycles. The van der Waals surface area contributed by atoms with Crippen molar-refractivity contribution in [3.05, 3.63) is 0 Å². The van der Waals surface area contributed by atoms with E-state index in [0.717, 1.165) is 11.3 Å². The highest BCUT2D eigenvalue weighted by atomic mass is 32.2. The van der Waals surface area contributed by atoms with Crippen LogP contribution in [0.3, 0.4) is 0 Å². The number of ether oxygens (including phenoxy) is 1. The Kier molecular flexibility index (Phi) is 7.74. The Morgan fingerprint density at radius 1 is 1.43 bits per heavy atom. The Labute approximate surface area is 130 Å². The highest BCUT2D eigenvalue weighted by molar-refractivity contribution is 8.00. The fourth-order valence-corrected chi connectivity index (χ4v) is 2.52. The minimum atomic E-state index is -0.343. The number of nitrogens with zero attached hydrogens (tertiary/aromatic N) is 1. The maximum absolute atomic E-state index is 11.8. The van der Waals surface area contributed by atoms with Gasteiger partial charge in [-0.05, 0) is 18.6 Å². The molecule has 7 heteroatoms. The molecule has 1 aliphatic heterocycles. The van der Waals surface area contributed by atoms with Crippen LogP contribution in [0.15, 0.2) is 0 Å². The summed E-state index contributed by atoms with van der Waals surface area (Å²) in [5.74, 6) is -0.277. The molecule has 3 amide bonds. The fourth-order valence-electron chi connectivity index (χ4n) is 1.89. The highest BCUT2D eigenvalue weighted by Crippen LogP contribution is 2.22. The molecule has 0 aromatic heterocycles. The number of thioether (sulfide) groups is 1. The first kappa shape index (κ1) is 18.0. The summed E-state index contributed by atoms with van der Waals surface area (Å²) in [7, 11) is 0. The zero-order valence-corrected chi connectivity index (χ0v) is 13.7. The van der Waals surface area contributed by atoms with Crippen molar-refractivity contribution in [2.24, 2.45) is 5.92 Å². The van der Waals surface area contributed by atoms with E-state index >= 15 is 0 Å². The predicted molar refractivity (Wildman–Crippen MR) is 81.9 cm³/mol. The van der Waals surface area contributed by atoms with Crippen molar-refractivity contribution < 1.29 is 19.1 Å². The first-order valence-corrected chi connectivity index (χ1v) is 8.46. The summed E-state index contributed by atoms with van der Waals surface area (Å²) in [6, 6.07) is 0. The molecule has 0 spiro atoms. The third kappa shape index (κ3) is 6.05. The van der Waals surface area contributed by atoms with E-state index in [1.807, 2.05) is 0 Å². The average molecular weight is 316 g/mol. The van der Waals surface area contributed by atoms with Gasteiger partial charge in [-0.2, -0.15) is 11.8 Å². The van der Waals surface area contributed by atoms with Crippen LogP contribution in [-0.4, -0.2) is 60.4 Å². The highest BCUT2D eigenvalue weighted by Gasteiger charge is 2.38. The van der Waals surface area contributed by atoms with Crippen LogP contribution in [-0.2, 0) is 19.1 Å². The molecule has 0 saturated carbocycles. The summed E-state index contributed by atoms with van der Waals surface area (Å²) < 4.78 is 5.38. The molecule has 120 valence electrons. The first-order chi connectivity index (χ1) is 9.95. The van der Waals surface area contributed by atoms with Crippen molar-refractivity contribution in [3.63, 3.8) is 0 Å². The normalized spacial score (nSPS) is 18.7. The van der Waals surface area contributed by atoms with Crippen LogP contribution >= 0.6 is 11.8 Å². The standard InChI is InChI=1S/C14H24N2O4S/c1-10(2)4-6-20-7-5-15-12(17)9-16-13(18)8-11(21-3)14(16)19/h10-11H,4-9H2,1-3H3,(H,15,17). The first-order valence-electron chi connectivity index (χ1n) is 7.17. The zero-order chi connectivity index (χ0) is 15.8. The Morgan fingerprint density at radius 2 is 2.14 bits per heavy atom. The molecule has 0 aromatic rings. The van der Waals surface area contributed by atoms with Gasteiger partial charge in [-0.3, -0.25) is 19.3 Å². The molecule has 1 unspecified atom stereocenters. The molecule has 0 bridgehead atoms. The van der Waals surface area contributed by atoms with Crippen molar-refractivity contribution in [2.75, 3.05) is 32.6 Å². The van der Waals surface area contributed by atoms with E-state index in [1.165, 1.54) is 11.8 Å². The second kappa shape index (κ2) is 9.04. The Bertz CT molecular complexity index is 387. The number of imide groups is 1. The van der Waals surface area contributed by atoms with Gasteiger partial charge in [0.1, 0.15) is 6.54 Å².